The van der Waals surface area contributed by atoms with Gasteiger partial charge in [-0.3, -0.25) is 9.59 Å². The molecule has 0 atom stereocenters. The highest BCUT2D eigenvalue weighted by Crippen LogP contribution is 2.24. The molecular formula is C22H20N2O3. The topological polar surface area (TPSA) is 62.5 Å². The van der Waals surface area contributed by atoms with Crippen molar-refractivity contribution in [3.63, 3.8) is 0 Å². The van der Waals surface area contributed by atoms with Crippen LogP contribution in [-0.4, -0.2) is 27.0 Å². The number of aromatic hydroxyl groups is 1. The van der Waals surface area contributed by atoms with Crippen LogP contribution in [-0.2, 0) is 20.0 Å². The van der Waals surface area contributed by atoms with E-state index in [-0.39, 0.29) is 17.2 Å². The van der Waals surface area contributed by atoms with E-state index in [1.54, 1.807) is 29.8 Å². The van der Waals surface area contributed by atoms with Gasteiger partial charge in [-0.15, -0.1) is 0 Å². The molecule has 0 unspecified atom stereocenters. The maximum atomic E-state index is 12.9. The molecule has 5 heteroatoms. The van der Waals surface area contributed by atoms with Crippen molar-refractivity contribution in [2.75, 3.05) is 6.54 Å². The molecule has 0 bridgehead atoms. The van der Waals surface area contributed by atoms with Crippen LogP contribution in [0, 0.1) is 0 Å². The number of phenolic OH excluding ortho intramolecular Hbond substituents is 1. The van der Waals surface area contributed by atoms with E-state index in [1.807, 2.05) is 47.5 Å². The molecule has 1 aliphatic heterocycles. The third-order valence-electron chi connectivity index (χ3n) is 5.04. The number of pyridine rings is 1. The molecule has 1 aromatic heterocycles. The molecule has 2 aromatic carbocycles. The molecule has 1 aliphatic rings. The third-order valence-corrected chi connectivity index (χ3v) is 5.04. The largest absolute Gasteiger partial charge is 0.508 e. The van der Waals surface area contributed by atoms with Gasteiger partial charge in [0.2, 0.25) is 0 Å². The molecule has 0 aliphatic carbocycles. The summed E-state index contributed by atoms with van der Waals surface area (Å²) in [4.78, 5) is 26.5. The summed E-state index contributed by atoms with van der Waals surface area (Å²) >= 11 is 0. The van der Waals surface area contributed by atoms with Gasteiger partial charge >= 0.3 is 0 Å². The van der Waals surface area contributed by atoms with Crippen LogP contribution in [0.4, 0.5) is 0 Å². The standard InChI is InChI=1S/C22H20N2O3/c1-23-13-19-14-24(11-10-18(19)12-21(23)26)22(27)17-4-2-15(3-5-17)16-6-8-20(25)9-7-16/h2-9,12-13,25H,10-11,14H2,1H3. The first-order chi connectivity index (χ1) is 13.0. The molecular weight excluding hydrogens is 340 g/mol. The van der Waals surface area contributed by atoms with Gasteiger partial charge < -0.3 is 14.6 Å². The molecule has 1 amide bonds. The van der Waals surface area contributed by atoms with Crippen LogP contribution in [0.1, 0.15) is 21.5 Å². The number of amides is 1. The normalized spacial score (nSPS) is 13.3. The van der Waals surface area contributed by atoms with Crippen molar-refractivity contribution in [3.8, 4) is 16.9 Å². The monoisotopic (exact) mass is 360 g/mol. The van der Waals surface area contributed by atoms with E-state index >= 15 is 0 Å². The zero-order valence-electron chi connectivity index (χ0n) is 15.1. The smallest absolute Gasteiger partial charge is 0.254 e. The van der Waals surface area contributed by atoms with Gasteiger partial charge in [0.05, 0.1) is 0 Å². The molecule has 0 saturated carbocycles. The van der Waals surface area contributed by atoms with Crippen molar-refractivity contribution in [2.45, 2.75) is 13.0 Å². The predicted octanol–water partition coefficient (Wildman–Crippen LogP) is 2.96. The Morgan fingerprint density at radius 1 is 0.963 bits per heavy atom. The maximum absolute atomic E-state index is 12.9. The second kappa shape index (κ2) is 6.76. The van der Waals surface area contributed by atoms with E-state index in [1.165, 1.54) is 0 Å². The minimum absolute atomic E-state index is 0.00763. The second-order valence-electron chi connectivity index (χ2n) is 6.87. The van der Waals surface area contributed by atoms with Crippen LogP contribution >= 0.6 is 0 Å². The minimum Gasteiger partial charge on any atom is -0.508 e. The van der Waals surface area contributed by atoms with Crippen LogP contribution in [0.3, 0.4) is 0 Å². The van der Waals surface area contributed by atoms with Gasteiger partial charge in [-0.25, -0.2) is 0 Å². The number of phenols is 1. The molecule has 0 saturated heterocycles. The molecule has 136 valence electrons. The fraction of sp³-hybridized carbons (Fsp3) is 0.182. The molecule has 3 aromatic rings. The Balaban J connectivity index is 1.53. The fourth-order valence-electron chi connectivity index (χ4n) is 3.45. The first-order valence-corrected chi connectivity index (χ1v) is 8.88. The summed E-state index contributed by atoms with van der Waals surface area (Å²) in [7, 11) is 1.73. The van der Waals surface area contributed by atoms with Gasteiger partial charge in [0, 0.05) is 38.0 Å². The lowest BCUT2D eigenvalue weighted by molar-refractivity contribution is 0.0734. The van der Waals surface area contributed by atoms with Crippen LogP contribution < -0.4 is 5.56 Å². The Morgan fingerprint density at radius 3 is 2.26 bits per heavy atom. The highest BCUT2D eigenvalue weighted by Gasteiger charge is 2.22. The summed E-state index contributed by atoms with van der Waals surface area (Å²) in [6, 6.07) is 16.2. The Labute approximate surface area is 157 Å². The summed E-state index contributed by atoms with van der Waals surface area (Å²) in [6.45, 7) is 1.13. The van der Waals surface area contributed by atoms with Crippen molar-refractivity contribution in [1.82, 2.24) is 9.47 Å². The van der Waals surface area contributed by atoms with Crippen LogP contribution in [0.5, 0.6) is 5.75 Å². The first-order valence-electron chi connectivity index (χ1n) is 8.88. The average molecular weight is 360 g/mol. The summed E-state index contributed by atoms with van der Waals surface area (Å²) in [5, 5.41) is 9.40. The number of hydrogen-bond donors (Lipinski definition) is 1. The number of nitrogens with zero attached hydrogens (tertiary/aromatic N) is 2. The van der Waals surface area contributed by atoms with Crippen LogP contribution in [0.2, 0.25) is 0 Å². The lowest BCUT2D eigenvalue weighted by atomic mass is 10.00. The summed E-state index contributed by atoms with van der Waals surface area (Å²) < 4.78 is 1.55. The number of aryl methyl sites for hydroxylation is 1. The molecule has 4 rings (SSSR count). The highest BCUT2D eigenvalue weighted by atomic mass is 16.3. The minimum atomic E-state index is -0.0154. The summed E-state index contributed by atoms with van der Waals surface area (Å²) in [5.74, 6) is 0.222. The van der Waals surface area contributed by atoms with Crippen molar-refractivity contribution >= 4 is 5.91 Å². The van der Waals surface area contributed by atoms with E-state index in [9.17, 15) is 14.7 Å². The van der Waals surface area contributed by atoms with E-state index in [0.717, 1.165) is 22.3 Å². The zero-order chi connectivity index (χ0) is 19.0. The molecule has 0 radical (unpaired) electrons. The second-order valence-corrected chi connectivity index (χ2v) is 6.87. The van der Waals surface area contributed by atoms with Gasteiger partial charge in [-0.2, -0.15) is 0 Å². The Hall–Kier alpha value is -3.34. The maximum Gasteiger partial charge on any atom is 0.254 e. The van der Waals surface area contributed by atoms with Gasteiger partial charge in [0.1, 0.15) is 5.75 Å². The molecule has 0 fully saturated rings. The van der Waals surface area contributed by atoms with E-state index in [4.69, 9.17) is 0 Å². The van der Waals surface area contributed by atoms with Crippen molar-refractivity contribution in [1.29, 1.82) is 0 Å². The summed E-state index contributed by atoms with van der Waals surface area (Å²) in [5.41, 5.74) is 4.66. The number of rotatable bonds is 2. The number of carbonyl (C=O) groups excluding carboxylic acids is 1. The quantitative estimate of drug-likeness (QED) is 0.764. The van der Waals surface area contributed by atoms with Gasteiger partial charge in [0.15, 0.2) is 0 Å². The Bertz CT molecular complexity index is 1050. The number of benzene rings is 2. The average Bonchev–Trinajstić information content (AvgIpc) is 2.69. The molecule has 2 heterocycles. The zero-order valence-corrected chi connectivity index (χ0v) is 15.1. The number of hydrogen-bond acceptors (Lipinski definition) is 3. The predicted molar refractivity (Wildman–Crippen MR) is 104 cm³/mol. The van der Waals surface area contributed by atoms with Crippen molar-refractivity contribution in [3.05, 3.63) is 87.8 Å². The molecule has 0 spiro atoms. The van der Waals surface area contributed by atoms with Gasteiger partial charge in [0.25, 0.3) is 11.5 Å². The lowest BCUT2D eigenvalue weighted by Gasteiger charge is -2.29. The molecule has 27 heavy (non-hydrogen) atoms. The number of fused-ring (bicyclic) bond motifs is 1. The highest BCUT2D eigenvalue weighted by molar-refractivity contribution is 5.94. The van der Waals surface area contributed by atoms with E-state index in [0.29, 0.717) is 25.1 Å². The van der Waals surface area contributed by atoms with E-state index in [2.05, 4.69) is 0 Å². The molecule has 1 N–H and O–H groups in total. The summed E-state index contributed by atoms with van der Waals surface area (Å²) in [6.07, 6.45) is 2.52. The molecule has 5 nitrogen and oxygen atoms in total. The first kappa shape index (κ1) is 17.1. The van der Waals surface area contributed by atoms with Crippen molar-refractivity contribution in [2.24, 2.45) is 7.05 Å². The van der Waals surface area contributed by atoms with Crippen LogP contribution in [0.25, 0.3) is 11.1 Å². The van der Waals surface area contributed by atoms with E-state index < -0.39 is 0 Å². The fourth-order valence-corrected chi connectivity index (χ4v) is 3.45. The third kappa shape index (κ3) is 3.36. The lowest BCUT2D eigenvalue weighted by Crippen LogP contribution is -2.37. The van der Waals surface area contributed by atoms with Crippen LogP contribution in [0.15, 0.2) is 65.6 Å². The number of carbonyl (C=O) groups is 1. The van der Waals surface area contributed by atoms with Crippen molar-refractivity contribution < 1.29 is 9.90 Å². The van der Waals surface area contributed by atoms with Gasteiger partial charge in [-0.05, 0) is 52.9 Å². The number of aromatic nitrogens is 1. The Morgan fingerprint density at radius 2 is 1.59 bits per heavy atom. The Kier molecular flexibility index (Phi) is 4.28. The van der Waals surface area contributed by atoms with Gasteiger partial charge in [-0.1, -0.05) is 24.3 Å². The SMILES string of the molecule is Cn1cc2c(cc1=O)CCN(C(=O)c1ccc(-c3ccc(O)cc3)cc1)C2.